The number of likely N-dealkylation sites (N-methyl/N-ethyl adjacent to an activating group) is 1. The van der Waals surface area contributed by atoms with Crippen molar-refractivity contribution in [2.24, 2.45) is 0 Å². The van der Waals surface area contributed by atoms with Gasteiger partial charge >= 0.3 is 0 Å². The number of aliphatic hydroxyl groups excluding tert-OH is 2. The molecule has 6 nitrogen and oxygen atoms in total. The quantitative estimate of drug-likeness (QED) is 0.579. The molecule has 0 saturated carbocycles. The number of ether oxygens (including phenoxy) is 3. The van der Waals surface area contributed by atoms with Crippen LogP contribution in [0.25, 0.3) is 0 Å². The Hall–Kier alpha value is -0.240. The van der Waals surface area contributed by atoms with Crippen molar-refractivity contribution in [2.45, 2.75) is 31.0 Å². The van der Waals surface area contributed by atoms with E-state index in [1.165, 1.54) is 0 Å². The summed E-state index contributed by atoms with van der Waals surface area (Å²) in [5.74, 6) is 0. The van der Waals surface area contributed by atoms with Crippen molar-refractivity contribution in [3.8, 4) is 0 Å². The normalized spacial score (nSPS) is 34.1. The van der Waals surface area contributed by atoms with Gasteiger partial charge in [-0.2, -0.15) is 0 Å². The molecule has 4 unspecified atom stereocenters. The summed E-state index contributed by atoms with van der Waals surface area (Å²) < 4.78 is 16.0. The molecule has 0 radical (unpaired) electrons. The molecule has 1 heterocycles. The largest absolute Gasteiger partial charge is 0.400 e. The maximum atomic E-state index is 9.02. The topological polar surface area (TPSA) is 80.2 Å². The van der Waals surface area contributed by atoms with E-state index in [0.29, 0.717) is 6.42 Å². The number of rotatable bonds is 4. The fourth-order valence-corrected chi connectivity index (χ4v) is 1.80. The molecular formula is C10H23NO5. The number of hydrogen-bond donors (Lipinski definition) is 3. The van der Waals surface area contributed by atoms with Crippen LogP contribution in [0.5, 0.6) is 0 Å². The highest BCUT2D eigenvalue weighted by Crippen LogP contribution is 2.22. The standard InChI is InChI=1S/C9H19NO4.CH4O/c1-10-8-7(12-2)4-6(5-11)14-9(8)13-3;1-2/h6-11H,4-5H2,1-3H3;2H,1H3. The Balaban J connectivity index is 0.00000106. The Morgan fingerprint density at radius 2 is 1.94 bits per heavy atom. The van der Waals surface area contributed by atoms with Crippen LogP contribution < -0.4 is 5.32 Å². The third-order valence-corrected chi connectivity index (χ3v) is 2.59. The van der Waals surface area contributed by atoms with E-state index in [4.69, 9.17) is 24.4 Å². The van der Waals surface area contributed by atoms with Gasteiger partial charge < -0.3 is 29.7 Å². The van der Waals surface area contributed by atoms with Crippen LogP contribution in [0, 0.1) is 0 Å². The zero-order valence-electron chi connectivity index (χ0n) is 10.3. The van der Waals surface area contributed by atoms with Crippen LogP contribution in [0.3, 0.4) is 0 Å². The number of methoxy groups -OCH3 is 2. The lowest BCUT2D eigenvalue weighted by Crippen LogP contribution is -2.56. The second kappa shape index (κ2) is 8.86. The van der Waals surface area contributed by atoms with Crippen LogP contribution in [0.2, 0.25) is 0 Å². The van der Waals surface area contributed by atoms with Crippen molar-refractivity contribution in [1.29, 1.82) is 0 Å². The molecule has 16 heavy (non-hydrogen) atoms. The van der Waals surface area contributed by atoms with Crippen LogP contribution in [0.1, 0.15) is 6.42 Å². The minimum atomic E-state index is -0.365. The van der Waals surface area contributed by atoms with Crippen molar-refractivity contribution < 1.29 is 24.4 Å². The van der Waals surface area contributed by atoms with Gasteiger partial charge in [0.25, 0.3) is 0 Å². The molecule has 3 N–H and O–H groups in total. The number of aliphatic hydroxyl groups is 2. The maximum Gasteiger partial charge on any atom is 0.175 e. The summed E-state index contributed by atoms with van der Waals surface area (Å²) in [5.41, 5.74) is 0. The molecule has 98 valence electrons. The first-order chi connectivity index (χ1) is 7.76. The Bertz CT molecular complexity index is 155. The Kier molecular flexibility index (Phi) is 8.73. The smallest absolute Gasteiger partial charge is 0.175 e. The highest BCUT2D eigenvalue weighted by Gasteiger charge is 2.37. The molecule has 0 aliphatic carbocycles. The molecule has 0 bridgehead atoms. The summed E-state index contributed by atoms with van der Waals surface area (Å²) in [6, 6.07) is 0.00722. The van der Waals surface area contributed by atoms with E-state index < -0.39 is 0 Å². The average molecular weight is 237 g/mol. The second-order valence-electron chi connectivity index (χ2n) is 3.37. The molecule has 0 amide bonds. The Labute approximate surface area is 96.5 Å². The minimum absolute atomic E-state index is 0.00382. The predicted molar refractivity (Wildman–Crippen MR) is 59.2 cm³/mol. The van der Waals surface area contributed by atoms with E-state index in [1.807, 2.05) is 7.05 Å². The van der Waals surface area contributed by atoms with Crippen LogP contribution in [0.4, 0.5) is 0 Å². The Morgan fingerprint density at radius 3 is 2.31 bits per heavy atom. The summed E-state index contributed by atoms with van der Waals surface area (Å²) in [4.78, 5) is 0. The first-order valence-corrected chi connectivity index (χ1v) is 5.20. The van der Waals surface area contributed by atoms with Crippen LogP contribution >= 0.6 is 0 Å². The molecule has 1 fully saturated rings. The van der Waals surface area contributed by atoms with E-state index in [2.05, 4.69) is 5.32 Å². The van der Waals surface area contributed by atoms with Gasteiger partial charge in [-0.25, -0.2) is 0 Å². The van der Waals surface area contributed by atoms with Crippen LogP contribution in [-0.2, 0) is 14.2 Å². The summed E-state index contributed by atoms with van der Waals surface area (Å²) in [7, 11) is 6.08. The van der Waals surface area contributed by atoms with E-state index >= 15 is 0 Å². The van der Waals surface area contributed by atoms with Gasteiger partial charge in [-0.05, 0) is 7.05 Å². The SMILES string of the molecule is CNC1C(OC)CC(CO)OC1OC.CO. The molecule has 1 rings (SSSR count). The van der Waals surface area contributed by atoms with Gasteiger partial charge in [-0.3, -0.25) is 0 Å². The van der Waals surface area contributed by atoms with E-state index in [1.54, 1.807) is 14.2 Å². The fourth-order valence-electron chi connectivity index (χ4n) is 1.80. The number of hydrogen-bond acceptors (Lipinski definition) is 6. The highest BCUT2D eigenvalue weighted by molar-refractivity contribution is 4.86. The Morgan fingerprint density at radius 1 is 1.31 bits per heavy atom. The van der Waals surface area contributed by atoms with E-state index in [-0.39, 0.29) is 31.1 Å². The van der Waals surface area contributed by atoms with Crippen molar-refractivity contribution >= 4 is 0 Å². The highest BCUT2D eigenvalue weighted by atomic mass is 16.7. The predicted octanol–water partition coefficient (Wildman–Crippen LogP) is -1.05. The zero-order valence-corrected chi connectivity index (χ0v) is 10.3. The van der Waals surface area contributed by atoms with Gasteiger partial charge in [-0.15, -0.1) is 0 Å². The summed E-state index contributed by atoms with van der Waals surface area (Å²) in [5, 5.41) is 19.1. The van der Waals surface area contributed by atoms with Gasteiger partial charge in [0.2, 0.25) is 0 Å². The molecule has 0 aromatic carbocycles. The van der Waals surface area contributed by atoms with Crippen molar-refractivity contribution in [2.75, 3.05) is 35.0 Å². The third-order valence-electron chi connectivity index (χ3n) is 2.59. The molecular weight excluding hydrogens is 214 g/mol. The average Bonchev–Trinajstić information content (AvgIpc) is 2.39. The van der Waals surface area contributed by atoms with Crippen molar-refractivity contribution in [1.82, 2.24) is 5.32 Å². The zero-order chi connectivity index (χ0) is 12.6. The van der Waals surface area contributed by atoms with Crippen LogP contribution in [-0.4, -0.2) is 69.7 Å². The molecule has 0 aromatic rings. The lowest BCUT2D eigenvalue weighted by atomic mass is 10.0. The summed E-state index contributed by atoms with van der Waals surface area (Å²) >= 11 is 0. The van der Waals surface area contributed by atoms with Crippen molar-refractivity contribution in [3.05, 3.63) is 0 Å². The molecule has 0 spiro atoms. The van der Waals surface area contributed by atoms with Crippen LogP contribution in [0.15, 0.2) is 0 Å². The van der Waals surface area contributed by atoms with Gasteiger partial charge in [0.1, 0.15) is 0 Å². The van der Waals surface area contributed by atoms with Crippen molar-refractivity contribution in [3.63, 3.8) is 0 Å². The molecule has 0 aromatic heterocycles. The molecule has 1 aliphatic heterocycles. The van der Waals surface area contributed by atoms with Gasteiger partial charge in [0, 0.05) is 27.8 Å². The van der Waals surface area contributed by atoms with E-state index in [0.717, 1.165) is 7.11 Å². The molecule has 1 aliphatic rings. The van der Waals surface area contributed by atoms with Gasteiger partial charge in [-0.1, -0.05) is 0 Å². The van der Waals surface area contributed by atoms with Gasteiger partial charge in [0.15, 0.2) is 6.29 Å². The molecule has 1 saturated heterocycles. The molecule has 6 heteroatoms. The second-order valence-corrected chi connectivity index (χ2v) is 3.37. The third kappa shape index (κ3) is 3.97. The first-order valence-electron chi connectivity index (χ1n) is 5.20. The maximum absolute atomic E-state index is 9.02. The van der Waals surface area contributed by atoms with Gasteiger partial charge in [0.05, 0.1) is 24.9 Å². The monoisotopic (exact) mass is 237 g/mol. The minimum Gasteiger partial charge on any atom is -0.400 e. The lowest BCUT2D eigenvalue weighted by Gasteiger charge is -2.39. The summed E-state index contributed by atoms with van der Waals surface area (Å²) in [6.45, 7) is -0.00382. The van der Waals surface area contributed by atoms with E-state index in [9.17, 15) is 0 Å². The fraction of sp³-hybridized carbons (Fsp3) is 1.00. The number of nitrogens with one attached hydrogen (secondary N) is 1. The molecule has 4 atom stereocenters. The summed E-state index contributed by atoms with van der Waals surface area (Å²) in [6.07, 6.45) is 0.124. The lowest BCUT2D eigenvalue weighted by molar-refractivity contribution is -0.229. The first kappa shape index (κ1) is 15.8.